The Morgan fingerprint density at radius 3 is 2.60 bits per heavy atom. The molecule has 1 aromatic rings. The van der Waals surface area contributed by atoms with Crippen molar-refractivity contribution >= 4 is 0 Å². The number of hydrogen-bond donors (Lipinski definition) is 1. The molecule has 0 aliphatic heterocycles. The third-order valence-corrected chi connectivity index (χ3v) is 3.28. The molecule has 0 bridgehead atoms. The second-order valence-electron chi connectivity index (χ2n) is 4.67. The van der Waals surface area contributed by atoms with Crippen LogP contribution in [0.5, 0.6) is 0 Å². The topological polar surface area (TPSA) is 25.2 Å². The standard InChI is InChI=1S/C13H21NO/c1-10-8-9-13(15-10)11(2)14-12-6-4-3-5-7-12/h8-9,11-12,14H,3-7H2,1-2H3. The molecule has 1 atom stereocenters. The maximum absolute atomic E-state index is 5.62. The van der Waals surface area contributed by atoms with E-state index in [1.807, 2.05) is 13.0 Å². The minimum absolute atomic E-state index is 0.349. The van der Waals surface area contributed by atoms with Gasteiger partial charge in [-0.1, -0.05) is 19.3 Å². The number of nitrogens with one attached hydrogen (secondary N) is 1. The predicted molar refractivity (Wildman–Crippen MR) is 61.9 cm³/mol. The summed E-state index contributed by atoms with van der Waals surface area (Å²) in [5, 5.41) is 3.65. The number of rotatable bonds is 3. The molecule has 1 aromatic heterocycles. The Kier molecular flexibility index (Phi) is 3.47. The van der Waals surface area contributed by atoms with Crippen molar-refractivity contribution in [1.29, 1.82) is 0 Å². The molecule has 2 rings (SSSR count). The molecule has 0 spiro atoms. The van der Waals surface area contributed by atoms with E-state index in [0.717, 1.165) is 11.5 Å². The summed E-state index contributed by atoms with van der Waals surface area (Å²) in [6.45, 7) is 4.18. The Morgan fingerprint density at radius 1 is 1.27 bits per heavy atom. The molecule has 0 amide bonds. The Morgan fingerprint density at radius 2 is 2.00 bits per heavy atom. The lowest BCUT2D eigenvalue weighted by molar-refractivity contribution is 0.321. The van der Waals surface area contributed by atoms with E-state index in [1.165, 1.54) is 32.1 Å². The first-order valence-electron chi connectivity index (χ1n) is 6.08. The summed E-state index contributed by atoms with van der Waals surface area (Å²) in [6, 6.07) is 5.16. The van der Waals surface area contributed by atoms with Gasteiger partial charge in [0, 0.05) is 6.04 Å². The fourth-order valence-electron chi connectivity index (χ4n) is 2.39. The minimum atomic E-state index is 0.349. The number of furan rings is 1. The van der Waals surface area contributed by atoms with Crippen LogP contribution in [0, 0.1) is 6.92 Å². The van der Waals surface area contributed by atoms with Crippen molar-refractivity contribution in [2.24, 2.45) is 0 Å². The van der Waals surface area contributed by atoms with Crippen LogP contribution in [0.3, 0.4) is 0 Å². The summed E-state index contributed by atoms with van der Waals surface area (Å²) in [4.78, 5) is 0. The van der Waals surface area contributed by atoms with E-state index < -0.39 is 0 Å². The van der Waals surface area contributed by atoms with Gasteiger partial charge in [0.05, 0.1) is 6.04 Å². The summed E-state index contributed by atoms with van der Waals surface area (Å²) in [5.41, 5.74) is 0. The van der Waals surface area contributed by atoms with Crippen LogP contribution < -0.4 is 5.32 Å². The fraction of sp³-hybridized carbons (Fsp3) is 0.692. The molecule has 1 fully saturated rings. The number of hydrogen-bond acceptors (Lipinski definition) is 2. The second kappa shape index (κ2) is 4.84. The van der Waals surface area contributed by atoms with Crippen molar-refractivity contribution in [3.63, 3.8) is 0 Å². The van der Waals surface area contributed by atoms with Crippen LogP contribution in [0.2, 0.25) is 0 Å². The molecule has 15 heavy (non-hydrogen) atoms. The molecule has 0 saturated heterocycles. The average Bonchev–Trinajstić information content (AvgIpc) is 2.66. The molecule has 2 heteroatoms. The van der Waals surface area contributed by atoms with Crippen LogP contribution in [0.25, 0.3) is 0 Å². The zero-order chi connectivity index (χ0) is 10.7. The molecule has 1 unspecified atom stereocenters. The van der Waals surface area contributed by atoms with E-state index in [0.29, 0.717) is 12.1 Å². The lowest BCUT2D eigenvalue weighted by atomic mass is 9.95. The van der Waals surface area contributed by atoms with Gasteiger partial charge < -0.3 is 9.73 Å². The van der Waals surface area contributed by atoms with Crippen molar-refractivity contribution in [3.05, 3.63) is 23.7 Å². The zero-order valence-electron chi connectivity index (χ0n) is 9.75. The molecular weight excluding hydrogens is 186 g/mol. The normalized spacial score (nSPS) is 20.4. The largest absolute Gasteiger partial charge is 0.465 e. The van der Waals surface area contributed by atoms with E-state index in [2.05, 4.69) is 18.3 Å². The van der Waals surface area contributed by atoms with Crippen molar-refractivity contribution < 1.29 is 4.42 Å². The average molecular weight is 207 g/mol. The second-order valence-corrected chi connectivity index (χ2v) is 4.67. The van der Waals surface area contributed by atoms with E-state index >= 15 is 0 Å². The van der Waals surface area contributed by atoms with Gasteiger partial charge in [-0.05, 0) is 38.8 Å². The lowest BCUT2D eigenvalue weighted by Crippen LogP contribution is -2.32. The highest BCUT2D eigenvalue weighted by molar-refractivity contribution is 5.09. The highest BCUT2D eigenvalue weighted by atomic mass is 16.3. The quantitative estimate of drug-likeness (QED) is 0.819. The summed E-state index contributed by atoms with van der Waals surface area (Å²) >= 11 is 0. The molecule has 1 saturated carbocycles. The van der Waals surface area contributed by atoms with Crippen molar-refractivity contribution in [1.82, 2.24) is 5.32 Å². The van der Waals surface area contributed by atoms with Crippen LogP contribution in [-0.4, -0.2) is 6.04 Å². The van der Waals surface area contributed by atoms with Gasteiger partial charge >= 0.3 is 0 Å². The van der Waals surface area contributed by atoms with Gasteiger partial charge in [-0.25, -0.2) is 0 Å². The zero-order valence-corrected chi connectivity index (χ0v) is 9.75. The highest BCUT2D eigenvalue weighted by Gasteiger charge is 2.17. The maximum Gasteiger partial charge on any atom is 0.120 e. The van der Waals surface area contributed by atoms with Gasteiger partial charge in [-0.3, -0.25) is 0 Å². The van der Waals surface area contributed by atoms with Crippen LogP contribution in [0.15, 0.2) is 16.5 Å². The molecule has 0 radical (unpaired) electrons. The van der Waals surface area contributed by atoms with Crippen LogP contribution in [0.1, 0.15) is 56.6 Å². The van der Waals surface area contributed by atoms with Crippen molar-refractivity contribution in [2.75, 3.05) is 0 Å². The van der Waals surface area contributed by atoms with Crippen molar-refractivity contribution in [3.8, 4) is 0 Å². The van der Waals surface area contributed by atoms with Gasteiger partial charge in [-0.2, -0.15) is 0 Å². The molecule has 1 N–H and O–H groups in total. The first-order valence-corrected chi connectivity index (χ1v) is 6.08. The van der Waals surface area contributed by atoms with Crippen molar-refractivity contribution in [2.45, 2.75) is 58.0 Å². The Hall–Kier alpha value is -0.760. The molecule has 1 aliphatic rings. The van der Waals surface area contributed by atoms with Crippen LogP contribution >= 0.6 is 0 Å². The Labute approximate surface area is 92.1 Å². The summed E-state index contributed by atoms with van der Waals surface area (Å²) in [5.74, 6) is 2.07. The summed E-state index contributed by atoms with van der Waals surface area (Å²) < 4.78 is 5.62. The highest BCUT2D eigenvalue weighted by Crippen LogP contribution is 2.22. The molecule has 2 nitrogen and oxygen atoms in total. The predicted octanol–water partition coefficient (Wildman–Crippen LogP) is 3.57. The summed E-state index contributed by atoms with van der Waals surface area (Å²) in [6.07, 6.45) is 6.81. The fourth-order valence-corrected chi connectivity index (χ4v) is 2.39. The van der Waals surface area contributed by atoms with Gasteiger partial charge in [0.25, 0.3) is 0 Å². The Balaban J connectivity index is 1.88. The third-order valence-electron chi connectivity index (χ3n) is 3.28. The van der Waals surface area contributed by atoms with Crippen LogP contribution in [0.4, 0.5) is 0 Å². The maximum atomic E-state index is 5.62. The molecule has 84 valence electrons. The van der Waals surface area contributed by atoms with E-state index in [-0.39, 0.29) is 0 Å². The molecule has 1 aliphatic carbocycles. The van der Waals surface area contributed by atoms with Gasteiger partial charge in [0.2, 0.25) is 0 Å². The van der Waals surface area contributed by atoms with E-state index in [1.54, 1.807) is 0 Å². The lowest BCUT2D eigenvalue weighted by Gasteiger charge is -2.25. The molecular formula is C13H21NO. The van der Waals surface area contributed by atoms with E-state index in [9.17, 15) is 0 Å². The molecule has 0 aromatic carbocycles. The first kappa shape index (κ1) is 10.7. The van der Waals surface area contributed by atoms with Gasteiger partial charge in [0.1, 0.15) is 11.5 Å². The van der Waals surface area contributed by atoms with Gasteiger partial charge in [0.15, 0.2) is 0 Å². The van der Waals surface area contributed by atoms with Gasteiger partial charge in [-0.15, -0.1) is 0 Å². The van der Waals surface area contributed by atoms with E-state index in [4.69, 9.17) is 4.42 Å². The first-order chi connectivity index (χ1) is 7.25. The van der Waals surface area contributed by atoms with Crippen LogP contribution in [-0.2, 0) is 0 Å². The Bertz CT molecular complexity index is 299. The minimum Gasteiger partial charge on any atom is -0.465 e. The smallest absolute Gasteiger partial charge is 0.120 e. The molecule has 1 heterocycles. The monoisotopic (exact) mass is 207 g/mol. The number of aryl methyl sites for hydroxylation is 1. The third kappa shape index (κ3) is 2.85. The summed E-state index contributed by atoms with van der Waals surface area (Å²) in [7, 11) is 0. The SMILES string of the molecule is Cc1ccc(C(C)NC2CCCCC2)o1.